The Morgan fingerprint density at radius 3 is 2.31 bits per heavy atom. The fourth-order valence-corrected chi connectivity index (χ4v) is 7.18. The molecule has 0 bridgehead atoms. The van der Waals surface area contributed by atoms with Crippen LogP contribution in [0, 0.1) is 10.4 Å². The molecule has 1 heterocycles. The Morgan fingerprint density at radius 2 is 1.67 bits per heavy atom. The van der Waals surface area contributed by atoms with Crippen molar-refractivity contribution in [1.82, 2.24) is 9.88 Å². The molecule has 232 valence electrons. The highest BCUT2D eigenvalue weighted by molar-refractivity contribution is 9.10. The van der Waals surface area contributed by atoms with Crippen molar-refractivity contribution in [2.45, 2.75) is 24.7 Å². The molecule has 0 radical (unpaired) electrons. The lowest BCUT2D eigenvalue weighted by molar-refractivity contribution is 0.136. The summed E-state index contributed by atoms with van der Waals surface area (Å²) >= 11 is 3.51. The number of aromatic amines is 1. The van der Waals surface area contributed by atoms with Crippen LogP contribution in [0.4, 0.5) is 0 Å². The first kappa shape index (κ1) is 30.2. The summed E-state index contributed by atoms with van der Waals surface area (Å²) in [5.41, 5.74) is -6.38. The van der Waals surface area contributed by atoms with E-state index in [4.69, 9.17) is 9.57 Å². The van der Waals surface area contributed by atoms with Crippen LogP contribution in [-0.2, 0) is 16.7 Å². The van der Waals surface area contributed by atoms with E-state index in [1.807, 2.05) is 19.0 Å². The molecule has 6 rings (SSSR count). The standard InChI is InChI=1S/C31H26BrN3O10/c1-35(2)7-4-8-45-33-11-12-9-14-17(30(43)34-12)27(40)22-13(23(14)32)5-6-31(22)28(41)20-21(29(31)42)26(39)19-18(25(20)38)15(36)10-16(44-3)24(19)37/h9-11,40-42H,4-8H2,1-3H3,(H,34,43)/b33-11+/t31-/m0/s1. The zero-order valence-electron chi connectivity index (χ0n) is 24.2. The van der Waals surface area contributed by atoms with Gasteiger partial charge >= 0.3 is 0 Å². The summed E-state index contributed by atoms with van der Waals surface area (Å²) in [5.74, 6) is -2.59. The number of rotatable bonds is 7. The van der Waals surface area contributed by atoms with E-state index < -0.39 is 76.6 Å². The second-order valence-corrected chi connectivity index (χ2v) is 12.0. The van der Waals surface area contributed by atoms with Crippen LogP contribution in [0.5, 0.6) is 11.5 Å². The number of benzene rings is 1. The highest BCUT2D eigenvalue weighted by atomic mass is 79.9. The summed E-state index contributed by atoms with van der Waals surface area (Å²) in [6, 6.07) is 2.35. The summed E-state index contributed by atoms with van der Waals surface area (Å²) in [6.07, 6.45) is 2.08. The van der Waals surface area contributed by atoms with Crippen molar-refractivity contribution in [1.29, 1.82) is 0 Å². The number of aromatic nitrogens is 1. The van der Waals surface area contributed by atoms with Crippen LogP contribution < -0.4 is 42.4 Å². The number of halogens is 1. The Morgan fingerprint density at radius 1 is 1.00 bits per heavy atom. The molecule has 0 fully saturated rings. The number of phenolic OH excluding ortho intramolecular Hbond substituents is 1. The number of fused-ring (bicyclic) bond motifs is 4. The van der Waals surface area contributed by atoms with E-state index in [0.29, 0.717) is 22.0 Å². The zero-order chi connectivity index (χ0) is 32.5. The highest BCUT2D eigenvalue weighted by Gasteiger charge is 2.53. The lowest BCUT2D eigenvalue weighted by Gasteiger charge is -2.27. The molecule has 45 heavy (non-hydrogen) atoms. The first-order chi connectivity index (χ1) is 21.4. The normalized spacial score (nSPS) is 17.4. The second-order valence-electron chi connectivity index (χ2n) is 11.3. The SMILES string of the molecule is COc1cc(=O)c2c(=O)c3c(c(=O)c=2c1=O)=C(O)[C@]1(CCc2c1c(O)c1c(=O)[nH]c(/C=N/OCCCN(C)C)cc1c2Br)C=3O. The Labute approximate surface area is 260 Å². The minimum atomic E-state index is -2.00. The summed E-state index contributed by atoms with van der Waals surface area (Å²) in [5, 5.41) is 36.0. The number of aromatic hydroxyl groups is 1. The van der Waals surface area contributed by atoms with E-state index in [2.05, 4.69) is 26.1 Å². The average molecular weight is 680 g/mol. The van der Waals surface area contributed by atoms with Crippen molar-refractivity contribution < 1.29 is 24.9 Å². The number of hydrogen-bond donors (Lipinski definition) is 4. The number of H-pyrrole nitrogens is 1. The molecule has 0 saturated carbocycles. The number of methoxy groups -OCH3 is 1. The van der Waals surface area contributed by atoms with E-state index in [1.165, 1.54) is 6.21 Å². The van der Waals surface area contributed by atoms with Crippen molar-refractivity contribution in [3.63, 3.8) is 0 Å². The van der Waals surface area contributed by atoms with Crippen molar-refractivity contribution >= 4 is 44.4 Å². The third-order valence-corrected chi connectivity index (χ3v) is 9.39. The molecule has 4 N–H and O–H groups in total. The average Bonchev–Trinajstić information content (AvgIpc) is 3.50. The molecule has 1 aromatic heterocycles. The molecule has 1 spiro atoms. The number of phenols is 1. The molecule has 0 saturated heterocycles. The Hall–Kier alpha value is -4.82. The first-order valence-corrected chi connectivity index (χ1v) is 14.6. The minimum Gasteiger partial charge on any atom is -0.510 e. The van der Waals surface area contributed by atoms with Crippen LogP contribution in [-0.4, -0.2) is 65.8 Å². The van der Waals surface area contributed by atoms with Gasteiger partial charge in [0.05, 0.1) is 45.3 Å². The molecule has 0 unspecified atom stereocenters. The highest BCUT2D eigenvalue weighted by Crippen LogP contribution is 2.56. The zero-order valence-corrected chi connectivity index (χ0v) is 25.8. The Kier molecular flexibility index (Phi) is 7.16. The van der Waals surface area contributed by atoms with Gasteiger partial charge in [0, 0.05) is 28.0 Å². The third-order valence-electron chi connectivity index (χ3n) is 8.48. The molecule has 2 aromatic rings. The van der Waals surface area contributed by atoms with Crippen LogP contribution in [0.25, 0.3) is 22.3 Å². The van der Waals surface area contributed by atoms with Gasteiger partial charge < -0.3 is 34.8 Å². The number of nitrogens with zero attached hydrogens (tertiary/aromatic N) is 2. The van der Waals surface area contributed by atoms with Gasteiger partial charge in [-0.1, -0.05) is 5.16 Å². The van der Waals surface area contributed by atoms with E-state index in [0.717, 1.165) is 26.1 Å². The molecule has 13 nitrogen and oxygen atoms in total. The van der Waals surface area contributed by atoms with Gasteiger partial charge in [-0.25, -0.2) is 0 Å². The number of aliphatic hydroxyl groups is 2. The van der Waals surface area contributed by atoms with Crippen molar-refractivity contribution in [2.75, 3.05) is 34.4 Å². The number of ether oxygens (including phenoxy) is 1. The van der Waals surface area contributed by atoms with E-state index >= 15 is 0 Å². The van der Waals surface area contributed by atoms with Gasteiger partial charge in [0.25, 0.3) is 5.56 Å². The molecular weight excluding hydrogens is 654 g/mol. The molecule has 4 aliphatic carbocycles. The van der Waals surface area contributed by atoms with E-state index in [1.54, 1.807) is 6.07 Å². The monoisotopic (exact) mass is 679 g/mol. The Balaban J connectivity index is 1.58. The summed E-state index contributed by atoms with van der Waals surface area (Å²) < 4.78 is 5.28. The second kappa shape index (κ2) is 10.7. The van der Waals surface area contributed by atoms with Gasteiger partial charge in [-0.05, 0) is 60.9 Å². The fraction of sp³-hybridized carbons (Fsp3) is 0.290. The summed E-state index contributed by atoms with van der Waals surface area (Å²) in [7, 11) is 5.00. The van der Waals surface area contributed by atoms with E-state index in [-0.39, 0.29) is 29.5 Å². The molecular formula is C31H26BrN3O10. The molecule has 4 aliphatic rings. The predicted octanol–water partition coefficient (Wildman–Crippen LogP) is -0.422. The van der Waals surface area contributed by atoms with Gasteiger partial charge in [-0.2, -0.15) is 0 Å². The van der Waals surface area contributed by atoms with Crippen LogP contribution >= 0.6 is 15.9 Å². The van der Waals surface area contributed by atoms with Gasteiger partial charge in [-0.15, -0.1) is 0 Å². The van der Waals surface area contributed by atoms with Crippen molar-refractivity contribution in [2.24, 2.45) is 5.16 Å². The maximum atomic E-state index is 13.7. The maximum absolute atomic E-state index is 13.7. The number of nitrogens with one attached hydrogen (secondary N) is 1. The van der Waals surface area contributed by atoms with Gasteiger partial charge in [0.1, 0.15) is 29.3 Å². The quantitative estimate of drug-likeness (QED) is 0.112. The van der Waals surface area contributed by atoms with Gasteiger partial charge in [0.2, 0.25) is 16.3 Å². The largest absolute Gasteiger partial charge is 0.510 e. The van der Waals surface area contributed by atoms with Crippen molar-refractivity contribution in [3.05, 3.63) is 106 Å². The number of hydrogen-bond acceptors (Lipinski definition) is 12. The Bertz CT molecular complexity index is 2460. The minimum absolute atomic E-state index is 0.0886. The first-order valence-electron chi connectivity index (χ1n) is 13.8. The number of pyridine rings is 1. The number of aliphatic hydroxyl groups excluding tert-OH is 2. The maximum Gasteiger partial charge on any atom is 0.260 e. The molecule has 0 aliphatic heterocycles. The fourth-order valence-electron chi connectivity index (χ4n) is 6.47. The van der Waals surface area contributed by atoms with Crippen LogP contribution in [0.3, 0.4) is 0 Å². The van der Waals surface area contributed by atoms with Crippen LogP contribution in [0.2, 0.25) is 0 Å². The molecule has 14 heteroatoms. The number of oxime groups is 1. The summed E-state index contributed by atoms with van der Waals surface area (Å²) in [6.45, 7) is 1.17. The molecule has 0 amide bonds. The van der Waals surface area contributed by atoms with E-state index in [9.17, 15) is 39.3 Å². The van der Waals surface area contributed by atoms with Gasteiger partial charge in [-0.3, -0.25) is 24.0 Å². The lowest BCUT2D eigenvalue weighted by atomic mass is 9.78. The van der Waals surface area contributed by atoms with Gasteiger partial charge in [0.15, 0.2) is 11.2 Å². The molecule has 1 aromatic carbocycles. The topological polar surface area (TPSA) is 196 Å². The molecule has 1 atom stereocenters. The third kappa shape index (κ3) is 4.15. The van der Waals surface area contributed by atoms with Crippen LogP contribution in [0.1, 0.15) is 29.7 Å². The smallest absolute Gasteiger partial charge is 0.260 e. The predicted molar refractivity (Wildman–Crippen MR) is 168 cm³/mol. The van der Waals surface area contributed by atoms with Crippen LogP contribution in [0.15, 0.2) is 45.7 Å². The lowest BCUT2D eigenvalue weighted by Crippen LogP contribution is -2.51. The van der Waals surface area contributed by atoms with Crippen molar-refractivity contribution in [3.8, 4) is 11.5 Å². The summed E-state index contributed by atoms with van der Waals surface area (Å²) in [4.78, 5) is 76.2.